The van der Waals surface area contributed by atoms with E-state index in [-0.39, 0.29) is 16.0 Å². The number of aryl methyl sites for hydroxylation is 1. The molecule has 0 amide bonds. The summed E-state index contributed by atoms with van der Waals surface area (Å²) in [7, 11) is -4.21. The Morgan fingerprint density at radius 1 is 1.38 bits per heavy atom. The first-order valence-electron chi connectivity index (χ1n) is 5.65. The van der Waals surface area contributed by atoms with Crippen LogP contribution < -0.4 is 4.72 Å². The van der Waals surface area contributed by atoms with Crippen LogP contribution in [-0.2, 0) is 19.6 Å². The fourth-order valence-corrected chi connectivity index (χ4v) is 3.04. The SMILES string of the molecule is Cc1cc(C#N)ccc1S(=O)(=O)N[C@H](CC(=O)O)C(=O)O. The lowest BCUT2D eigenvalue weighted by molar-refractivity contribution is -0.145. The van der Waals surface area contributed by atoms with Gasteiger partial charge < -0.3 is 10.2 Å². The molecule has 9 heteroatoms. The summed E-state index contributed by atoms with van der Waals surface area (Å²) in [4.78, 5) is 21.2. The number of carboxylic acid groups (broad SMARTS) is 2. The summed E-state index contributed by atoms with van der Waals surface area (Å²) in [6.07, 6.45) is -0.885. The molecule has 0 fully saturated rings. The van der Waals surface area contributed by atoms with Crippen molar-refractivity contribution in [3.63, 3.8) is 0 Å². The molecule has 0 saturated carbocycles. The van der Waals surface area contributed by atoms with E-state index in [9.17, 15) is 18.0 Å². The Hall–Kier alpha value is -2.44. The van der Waals surface area contributed by atoms with E-state index in [1.54, 1.807) is 0 Å². The Morgan fingerprint density at radius 2 is 2.00 bits per heavy atom. The van der Waals surface area contributed by atoms with Crippen molar-refractivity contribution in [1.29, 1.82) is 5.26 Å². The van der Waals surface area contributed by atoms with Gasteiger partial charge in [0.25, 0.3) is 0 Å². The molecule has 0 aliphatic rings. The van der Waals surface area contributed by atoms with Gasteiger partial charge in [-0.25, -0.2) is 8.42 Å². The summed E-state index contributed by atoms with van der Waals surface area (Å²) in [6.45, 7) is 1.45. The molecule has 0 spiro atoms. The van der Waals surface area contributed by atoms with Crippen LogP contribution in [0.3, 0.4) is 0 Å². The zero-order valence-electron chi connectivity index (χ0n) is 10.9. The van der Waals surface area contributed by atoms with Crippen LogP contribution in [0.1, 0.15) is 17.5 Å². The van der Waals surface area contributed by atoms with Crippen molar-refractivity contribution in [1.82, 2.24) is 4.72 Å². The van der Waals surface area contributed by atoms with Crippen molar-refractivity contribution in [3.05, 3.63) is 29.3 Å². The lowest BCUT2D eigenvalue weighted by Gasteiger charge is -2.14. The Balaban J connectivity index is 3.13. The average molecular weight is 312 g/mol. The first-order valence-corrected chi connectivity index (χ1v) is 7.13. The Bertz CT molecular complexity index is 720. The van der Waals surface area contributed by atoms with Crippen molar-refractivity contribution < 1.29 is 28.2 Å². The van der Waals surface area contributed by atoms with Crippen molar-refractivity contribution in [2.75, 3.05) is 0 Å². The minimum atomic E-state index is -4.21. The molecule has 1 rings (SSSR count). The minimum Gasteiger partial charge on any atom is -0.481 e. The van der Waals surface area contributed by atoms with Crippen LogP contribution in [0.15, 0.2) is 23.1 Å². The van der Waals surface area contributed by atoms with Crippen LogP contribution in [0.25, 0.3) is 0 Å². The molecule has 0 saturated heterocycles. The number of nitrogens with one attached hydrogen (secondary N) is 1. The molecule has 0 unspecified atom stereocenters. The third-order valence-electron chi connectivity index (χ3n) is 2.57. The number of carboxylic acids is 2. The number of hydrogen-bond acceptors (Lipinski definition) is 5. The van der Waals surface area contributed by atoms with E-state index in [4.69, 9.17) is 15.5 Å². The van der Waals surface area contributed by atoms with Crippen LogP contribution in [0.4, 0.5) is 0 Å². The van der Waals surface area contributed by atoms with Crippen LogP contribution in [-0.4, -0.2) is 36.6 Å². The molecule has 0 radical (unpaired) electrons. The predicted octanol–water partition coefficient (Wildman–Crippen LogP) is 0.0729. The molecule has 0 heterocycles. The quantitative estimate of drug-likeness (QED) is 0.674. The molecule has 0 bridgehead atoms. The van der Waals surface area contributed by atoms with Gasteiger partial charge in [0, 0.05) is 0 Å². The summed E-state index contributed by atoms with van der Waals surface area (Å²) in [5, 5.41) is 26.2. The van der Waals surface area contributed by atoms with Gasteiger partial charge >= 0.3 is 11.9 Å². The number of sulfonamides is 1. The fourth-order valence-electron chi connectivity index (χ4n) is 1.63. The third-order valence-corrected chi connectivity index (χ3v) is 4.20. The third kappa shape index (κ3) is 4.27. The van der Waals surface area contributed by atoms with Gasteiger partial charge in [0.05, 0.1) is 22.9 Å². The number of rotatable bonds is 6. The second-order valence-electron chi connectivity index (χ2n) is 4.20. The molecule has 112 valence electrons. The summed E-state index contributed by atoms with van der Waals surface area (Å²) in [5.74, 6) is -3.03. The second kappa shape index (κ2) is 6.34. The number of nitriles is 1. The topological polar surface area (TPSA) is 145 Å². The van der Waals surface area contributed by atoms with Crippen LogP contribution in [0, 0.1) is 18.3 Å². The summed E-state index contributed by atoms with van der Waals surface area (Å²) >= 11 is 0. The van der Waals surface area contributed by atoms with Gasteiger partial charge in [0.15, 0.2) is 0 Å². The molecule has 1 aromatic carbocycles. The van der Waals surface area contributed by atoms with Gasteiger partial charge in [0.1, 0.15) is 6.04 Å². The largest absolute Gasteiger partial charge is 0.481 e. The van der Waals surface area contributed by atoms with E-state index in [1.165, 1.54) is 19.1 Å². The van der Waals surface area contributed by atoms with Crippen molar-refractivity contribution >= 4 is 22.0 Å². The summed E-state index contributed by atoms with van der Waals surface area (Å²) in [5.41, 5.74) is 0.507. The summed E-state index contributed by atoms with van der Waals surface area (Å²) < 4.78 is 26.0. The highest BCUT2D eigenvalue weighted by atomic mass is 32.2. The number of nitrogens with zero attached hydrogens (tertiary/aromatic N) is 1. The van der Waals surface area contributed by atoms with Gasteiger partial charge in [-0.1, -0.05) is 0 Å². The average Bonchev–Trinajstić information content (AvgIpc) is 2.36. The molecule has 3 N–H and O–H groups in total. The van der Waals surface area contributed by atoms with Crippen LogP contribution in [0.2, 0.25) is 0 Å². The smallest absolute Gasteiger partial charge is 0.322 e. The van der Waals surface area contributed by atoms with Gasteiger partial charge in [0.2, 0.25) is 10.0 Å². The van der Waals surface area contributed by atoms with Crippen LogP contribution >= 0.6 is 0 Å². The standard InChI is InChI=1S/C12H12N2O6S/c1-7-4-8(6-13)2-3-10(7)21(19,20)14-9(12(17)18)5-11(15)16/h2-4,9,14H,5H2,1H3,(H,15,16)(H,17,18)/t9-/m1/s1. The molecule has 0 aliphatic carbocycles. The maximum Gasteiger partial charge on any atom is 0.322 e. The maximum atomic E-state index is 12.1. The molecular weight excluding hydrogens is 300 g/mol. The highest BCUT2D eigenvalue weighted by Gasteiger charge is 2.28. The highest BCUT2D eigenvalue weighted by Crippen LogP contribution is 2.17. The molecule has 1 atom stereocenters. The Kier molecular flexibility index (Phi) is 5.02. The van der Waals surface area contributed by atoms with E-state index < -0.39 is 34.4 Å². The monoisotopic (exact) mass is 312 g/mol. The first-order chi connectivity index (χ1) is 9.67. The molecule has 0 aliphatic heterocycles. The normalized spacial score (nSPS) is 12.4. The zero-order valence-corrected chi connectivity index (χ0v) is 11.7. The predicted molar refractivity (Wildman–Crippen MR) is 69.9 cm³/mol. The zero-order chi connectivity index (χ0) is 16.2. The van der Waals surface area contributed by atoms with E-state index in [0.717, 1.165) is 6.07 Å². The van der Waals surface area contributed by atoms with Crippen molar-refractivity contribution in [2.24, 2.45) is 0 Å². The Labute approximate surface area is 120 Å². The van der Waals surface area contributed by atoms with Gasteiger partial charge in [-0.05, 0) is 30.7 Å². The van der Waals surface area contributed by atoms with E-state index >= 15 is 0 Å². The van der Waals surface area contributed by atoms with E-state index in [1.807, 2.05) is 10.8 Å². The number of aliphatic carboxylic acids is 2. The summed E-state index contributed by atoms with van der Waals surface area (Å²) in [6, 6.07) is 3.84. The molecular formula is C12H12N2O6S. The van der Waals surface area contributed by atoms with E-state index in [2.05, 4.69) is 0 Å². The molecule has 0 aromatic heterocycles. The molecule has 8 nitrogen and oxygen atoms in total. The minimum absolute atomic E-state index is 0.210. The Morgan fingerprint density at radius 3 is 2.43 bits per heavy atom. The number of carbonyl (C=O) groups is 2. The fraction of sp³-hybridized carbons (Fsp3) is 0.250. The van der Waals surface area contributed by atoms with E-state index in [0.29, 0.717) is 0 Å². The van der Waals surface area contributed by atoms with Crippen LogP contribution in [0.5, 0.6) is 0 Å². The lowest BCUT2D eigenvalue weighted by atomic mass is 10.2. The molecule has 1 aromatic rings. The second-order valence-corrected chi connectivity index (χ2v) is 5.88. The molecule has 21 heavy (non-hydrogen) atoms. The lowest BCUT2D eigenvalue weighted by Crippen LogP contribution is -2.42. The van der Waals surface area contributed by atoms with Gasteiger partial charge in [-0.15, -0.1) is 0 Å². The van der Waals surface area contributed by atoms with Crippen molar-refractivity contribution in [2.45, 2.75) is 24.3 Å². The van der Waals surface area contributed by atoms with Gasteiger partial charge in [-0.3, -0.25) is 9.59 Å². The number of hydrogen-bond donors (Lipinski definition) is 3. The highest BCUT2D eigenvalue weighted by molar-refractivity contribution is 7.89. The van der Waals surface area contributed by atoms with Gasteiger partial charge in [-0.2, -0.15) is 9.98 Å². The number of benzene rings is 1. The van der Waals surface area contributed by atoms with Crippen molar-refractivity contribution in [3.8, 4) is 6.07 Å². The maximum absolute atomic E-state index is 12.1. The first kappa shape index (κ1) is 16.6.